The summed E-state index contributed by atoms with van der Waals surface area (Å²) in [6.07, 6.45) is -0.0476. The zero-order valence-corrected chi connectivity index (χ0v) is 17.8. The van der Waals surface area contributed by atoms with Crippen molar-refractivity contribution in [1.29, 1.82) is 0 Å². The molecular formula is C20H16BrFN4O2S. The molecule has 2 amide bonds. The zero-order chi connectivity index (χ0) is 20.7. The summed E-state index contributed by atoms with van der Waals surface area (Å²) in [6, 6.07) is 12.0. The molecule has 2 aliphatic heterocycles. The second kappa shape index (κ2) is 7.64. The highest BCUT2D eigenvalue weighted by Gasteiger charge is 2.47. The lowest BCUT2D eigenvalue weighted by atomic mass is 10.1. The second-order valence-electron chi connectivity index (χ2n) is 6.57. The van der Waals surface area contributed by atoms with E-state index in [2.05, 4.69) is 21.0 Å². The molecule has 2 aromatic carbocycles. The van der Waals surface area contributed by atoms with E-state index in [1.807, 2.05) is 31.2 Å². The summed E-state index contributed by atoms with van der Waals surface area (Å²) in [5.41, 5.74) is 1.18. The lowest BCUT2D eigenvalue weighted by Gasteiger charge is -2.22. The van der Waals surface area contributed by atoms with Crippen LogP contribution in [-0.2, 0) is 9.59 Å². The van der Waals surface area contributed by atoms with Crippen LogP contribution in [0, 0.1) is 5.82 Å². The van der Waals surface area contributed by atoms with Crippen LogP contribution < -0.4 is 4.90 Å². The molecule has 1 unspecified atom stereocenters. The van der Waals surface area contributed by atoms with Crippen LogP contribution in [0.5, 0.6) is 0 Å². The highest BCUT2D eigenvalue weighted by atomic mass is 79.9. The summed E-state index contributed by atoms with van der Waals surface area (Å²) < 4.78 is 14.2. The monoisotopic (exact) mass is 474 g/mol. The van der Waals surface area contributed by atoms with Crippen molar-refractivity contribution in [1.82, 2.24) is 9.91 Å². The SMILES string of the molecule is CCN1C(=O)CC2C(=O)N(c3ccc(F)cc3)C(=S)N2N=C1c1ccc(Br)cc1. The van der Waals surface area contributed by atoms with Gasteiger partial charge < -0.3 is 0 Å². The van der Waals surface area contributed by atoms with Gasteiger partial charge in [-0.05, 0) is 55.5 Å². The summed E-state index contributed by atoms with van der Waals surface area (Å²) in [7, 11) is 0. The third-order valence-corrected chi connectivity index (χ3v) is 5.72. The van der Waals surface area contributed by atoms with Crippen molar-refractivity contribution in [2.75, 3.05) is 11.4 Å². The first-order valence-electron chi connectivity index (χ1n) is 8.98. The number of carbonyl (C=O) groups excluding carboxylic acids is 2. The molecule has 29 heavy (non-hydrogen) atoms. The first kappa shape index (κ1) is 19.7. The van der Waals surface area contributed by atoms with E-state index in [1.165, 1.54) is 34.2 Å². The van der Waals surface area contributed by atoms with Crippen LogP contribution in [0.4, 0.5) is 10.1 Å². The Hall–Kier alpha value is -2.65. The Balaban J connectivity index is 1.79. The number of amidine groups is 1. The summed E-state index contributed by atoms with van der Waals surface area (Å²) in [6.45, 7) is 2.27. The molecule has 1 atom stereocenters. The molecule has 0 saturated carbocycles. The fraction of sp³-hybridized carbons (Fsp3) is 0.200. The molecule has 2 heterocycles. The van der Waals surface area contributed by atoms with Gasteiger partial charge in [0.25, 0.3) is 5.91 Å². The van der Waals surface area contributed by atoms with E-state index in [1.54, 1.807) is 4.90 Å². The van der Waals surface area contributed by atoms with Crippen LogP contribution in [0.3, 0.4) is 0 Å². The lowest BCUT2D eigenvalue weighted by Crippen LogP contribution is -2.39. The summed E-state index contributed by atoms with van der Waals surface area (Å²) in [4.78, 5) is 28.9. The van der Waals surface area contributed by atoms with Crippen molar-refractivity contribution in [2.24, 2.45) is 5.10 Å². The Morgan fingerprint density at radius 2 is 1.79 bits per heavy atom. The molecule has 1 fully saturated rings. The predicted molar refractivity (Wildman–Crippen MR) is 115 cm³/mol. The fourth-order valence-corrected chi connectivity index (χ4v) is 4.01. The number of benzene rings is 2. The number of hydrogen-bond acceptors (Lipinski definition) is 4. The van der Waals surface area contributed by atoms with E-state index in [-0.39, 0.29) is 23.3 Å². The number of anilines is 1. The normalized spacial score (nSPS) is 19.4. The molecule has 2 aromatic rings. The van der Waals surface area contributed by atoms with E-state index in [0.29, 0.717) is 18.1 Å². The molecule has 1 saturated heterocycles. The molecule has 0 aliphatic carbocycles. The average molecular weight is 475 g/mol. The molecule has 0 N–H and O–H groups in total. The maximum atomic E-state index is 13.3. The Kier molecular flexibility index (Phi) is 5.18. The molecular weight excluding hydrogens is 459 g/mol. The number of hydrazone groups is 1. The summed E-state index contributed by atoms with van der Waals surface area (Å²) in [5.74, 6) is -0.542. The Morgan fingerprint density at radius 3 is 2.41 bits per heavy atom. The van der Waals surface area contributed by atoms with Gasteiger partial charge in [0.05, 0.1) is 12.1 Å². The van der Waals surface area contributed by atoms with Crippen LogP contribution in [0.1, 0.15) is 18.9 Å². The highest BCUT2D eigenvalue weighted by molar-refractivity contribution is 9.10. The Morgan fingerprint density at radius 1 is 1.14 bits per heavy atom. The van der Waals surface area contributed by atoms with E-state index in [0.717, 1.165) is 10.0 Å². The molecule has 148 valence electrons. The predicted octanol–water partition coefficient (Wildman–Crippen LogP) is 3.50. The van der Waals surface area contributed by atoms with Crippen molar-refractivity contribution in [3.05, 3.63) is 64.4 Å². The quantitative estimate of drug-likeness (QED) is 0.638. The molecule has 0 radical (unpaired) electrons. The number of carbonyl (C=O) groups is 2. The van der Waals surface area contributed by atoms with Crippen LogP contribution in [0.15, 0.2) is 58.1 Å². The third kappa shape index (κ3) is 3.44. The molecule has 0 spiro atoms. The van der Waals surface area contributed by atoms with Crippen molar-refractivity contribution >= 4 is 56.6 Å². The van der Waals surface area contributed by atoms with Crippen LogP contribution in [0.2, 0.25) is 0 Å². The van der Waals surface area contributed by atoms with Gasteiger partial charge in [-0.2, -0.15) is 5.10 Å². The van der Waals surface area contributed by atoms with Crippen molar-refractivity contribution in [3.8, 4) is 0 Å². The van der Waals surface area contributed by atoms with Gasteiger partial charge in [0, 0.05) is 16.6 Å². The molecule has 9 heteroatoms. The van der Waals surface area contributed by atoms with E-state index in [4.69, 9.17) is 12.2 Å². The minimum absolute atomic E-state index is 0.0476. The minimum Gasteiger partial charge on any atom is -0.295 e. The number of rotatable bonds is 3. The molecule has 2 aliphatic rings. The maximum absolute atomic E-state index is 13.3. The molecule has 0 aromatic heterocycles. The summed E-state index contributed by atoms with van der Waals surface area (Å²) in [5, 5.41) is 6.21. The molecule has 4 rings (SSSR count). The number of thiocarbonyl (C=S) groups is 1. The number of halogens is 2. The number of nitrogens with zero attached hydrogens (tertiary/aromatic N) is 4. The Labute approximate surface area is 180 Å². The number of fused-ring (bicyclic) bond motifs is 1. The van der Waals surface area contributed by atoms with Gasteiger partial charge in [0.2, 0.25) is 11.0 Å². The first-order chi connectivity index (χ1) is 13.9. The highest BCUT2D eigenvalue weighted by Crippen LogP contribution is 2.30. The smallest absolute Gasteiger partial charge is 0.258 e. The van der Waals surface area contributed by atoms with Gasteiger partial charge in [0.15, 0.2) is 5.84 Å². The topological polar surface area (TPSA) is 56.2 Å². The maximum Gasteiger partial charge on any atom is 0.258 e. The summed E-state index contributed by atoms with van der Waals surface area (Å²) >= 11 is 8.92. The second-order valence-corrected chi connectivity index (χ2v) is 7.85. The number of amides is 2. The fourth-order valence-electron chi connectivity index (χ4n) is 3.39. The first-order valence-corrected chi connectivity index (χ1v) is 10.2. The van der Waals surface area contributed by atoms with Crippen LogP contribution in [0.25, 0.3) is 0 Å². The third-order valence-electron chi connectivity index (χ3n) is 4.82. The van der Waals surface area contributed by atoms with Gasteiger partial charge in [0.1, 0.15) is 11.9 Å². The van der Waals surface area contributed by atoms with Crippen LogP contribution >= 0.6 is 28.1 Å². The Bertz CT molecular complexity index is 1030. The number of hydrogen-bond donors (Lipinski definition) is 0. The average Bonchev–Trinajstić information content (AvgIpc) is 2.85. The van der Waals surface area contributed by atoms with Crippen molar-refractivity contribution in [3.63, 3.8) is 0 Å². The van der Waals surface area contributed by atoms with Gasteiger partial charge in [-0.15, -0.1) is 0 Å². The molecule has 6 nitrogen and oxygen atoms in total. The van der Waals surface area contributed by atoms with Gasteiger partial charge in [-0.1, -0.05) is 28.1 Å². The van der Waals surface area contributed by atoms with Gasteiger partial charge in [-0.25, -0.2) is 9.40 Å². The lowest BCUT2D eigenvalue weighted by molar-refractivity contribution is -0.130. The van der Waals surface area contributed by atoms with Gasteiger partial charge >= 0.3 is 0 Å². The van der Waals surface area contributed by atoms with Crippen LogP contribution in [-0.4, -0.2) is 45.3 Å². The van der Waals surface area contributed by atoms with E-state index < -0.39 is 11.9 Å². The zero-order valence-electron chi connectivity index (χ0n) is 15.4. The minimum atomic E-state index is -0.831. The van der Waals surface area contributed by atoms with E-state index >= 15 is 0 Å². The van der Waals surface area contributed by atoms with Crippen molar-refractivity contribution in [2.45, 2.75) is 19.4 Å². The van der Waals surface area contributed by atoms with Crippen molar-refractivity contribution < 1.29 is 14.0 Å². The molecule has 0 bridgehead atoms. The van der Waals surface area contributed by atoms with Gasteiger partial charge in [-0.3, -0.25) is 19.4 Å². The largest absolute Gasteiger partial charge is 0.295 e. The van der Waals surface area contributed by atoms with E-state index in [9.17, 15) is 14.0 Å². The standard InChI is InChI=1S/C20H16BrFN4O2S/c1-2-24-17(27)11-16-19(28)25(15-9-7-14(22)8-10-15)20(29)26(16)23-18(24)12-3-5-13(21)6-4-12/h3-10,16H,2,11H2,1H3.